The number of rotatable bonds is 4. The van der Waals surface area contributed by atoms with Crippen LogP contribution in [0.2, 0.25) is 0 Å². The maximum Gasteiger partial charge on any atom is 0.230 e. The van der Waals surface area contributed by atoms with Gasteiger partial charge in [-0.15, -0.1) is 0 Å². The van der Waals surface area contributed by atoms with Crippen molar-refractivity contribution < 1.29 is 4.79 Å². The molecule has 1 aromatic heterocycles. The Morgan fingerprint density at radius 3 is 2.75 bits per heavy atom. The zero-order valence-corrected chi connectivity index (χ0v) is 11.8. The van der Waals surface area contributed by atoms with E-state index >= 15 is 0 Å². The van der Waals surface area contributed by atoms with Crippen molar-refractivity contribution in [1.82, 2.24) is 4.98 Å². The van der Waals surface area contributed by atoms with Gasteiger partial charge in [-0.25, -0.2) is 0 Å². The number of hydrogen-bond donors (Lipinski definition) is 2. The molecule has 4 nitrogen and oxygen atoms in total. The monoisotopic (exact) mass is 269 g/mol. The summed E-state index contributed by atoms with van der Waals surface area (Å²) >= 11 is 0. The molecule has 0 atom stereocenters. The van der Waals surface area contributed by atoms with Crippen LogP contribution in [0.5, 0.6) is 0 Å². The van der Waals surface area contributed by atoms with Gasteiger partial charge in [-0.1, -0.05) is 13.0 Å². The molecule has 1 amide bonds. The smallest absolute Gasteiger partial charge is 0.230 e. The van der Waals surface area contributed by atoms with Gasteiger partial charge in [0.2, 0.25) is 5.91 Å². The Labute approximate surface area is 119 Å². The fourth-order valence-electron chi connectivity index (χ4n) is 2.04. The van der Waals surface area contributed by atoms with Crippen molar-refractivity contribution in [3.8, 4) is 0 Å². The largest absolute Gasteiger partial charge is 0.397 e. The normalized spacial score (nSPS) is 10.3. The summed E-state index contributed by atoms with van der Waals surface area (Å²) in [7, 11) is 0. The van der Waals surface area contributed by atoms with E-state index in [0.29, 0.717) is 11.4 Å². The molecule has 1 aromatic carbocycles. The van der Waals surface area contributed by atoms with E-state index in [4.69, 9.17) is 5.73 Å². The highest BCUT2D eigenvalue weighted by Gasteiger charge is 2.06. The lowest BCUT2D eigenvalue weighted by molar-refractivity contribution is -0.115. The van der Waals surface area contributed by atoms with Gasteiger partial charge in [-0.05, 0) is 48.7 Å². The first-order valence-corrected chi connectivity index (χ1v) is 6.68. The van der Waals surface area contributed by atoms with Crippen molar-refractivity contribution in [1.29, 1.82) is 0 Å². The minimum Gasteiger partial charge on any atom is -0.397 e. The van der Waals surface area contributed by atoms with E-state index in [0.717, 1.165) is 12.1 Å². The van der Waals surface area contributed by atoms with Crippen LogP contribution in [0.4, 0.5) is 11.4 Å². The van der Waals surface area contributed by atoms with E-state index in [1.807, 2.05) is 18.2 Å². The molecule has 0 saturated heterocycles. The summed E-state index contributed by atoms with van der Waals surface area (Å²) in [5, 5.41) is 2.90. The van der Waals surface area contributed by atoms with Gasteiger partial charge in [-0.3, -0.25) is 9.78 Å². The van der Waals surface area contributed by atoms with Crippen molar-refractivity contribution >= 4 is 17.3 Å². The first-order chi connectivity index (χ1) is 9.58. The molecule has 4 heteroatoms. The van der Waals surface area contributed by atoms with Crippen LogP contribution in [-0.4, -0.2) is 10.9 Å². The molecule has 0 aliphatic carbocycles. The van der Waals surface area contributed by atoms with Gasteiger partial charge < -0.3 is 11.1 Å². The predicted molar refractivity (Wildman–Crippen MR) is 81.5 cm³/mol. The van der Waals surface area contributed by atoms with Crippen LogP contribution in [0.3, 0.4) is 0 Å². The number of nitrogens with two attached hydrogens (primary N) is 1. The van der Waals surface area contributed by atoms with E-state index in [1.54, 1.807) is 18.3 Å². The Bertz CT molecular complexity index is 606. The van der Waals surface area contributed by atoms with Crippen LogP contribution in [0.25, 0.3) is 0 Å². The number of benzene rings is 1. The average Bonchev–Trinajstić information content (AvgIpc) is 2.43. The van der Waals surface area contributed by atoms with Crippen LogP contribution < -0.4 is 11.1 Å². The second-order valence-corrected chi connectivity index (χ2v) is 4.80. The molecule has 0 aliphatic heterocycles. The number of aryl methyl sites for hydroxylation is 2. The number of nitrogens with one attached hydrogen (secondary N) is 1. The molecule has 3 N–H and O–H groups in total. The maximum absolute atomic E-state index is 12.0. The molecule has 0 radical (unpaired) electrons. The lowest BCUT2D eigenvalue weighted by Crippen LogP contribution is -2.15. The highest BCUT2D eigenvalue weighted by Crippen LogP contribution is 2.16. The Morgan fingerprint density at radius 1 is 1.30 bits per heavy atom. The summed E-state index contributed by atoms with van der Waals surface area (Å²) in [5.41, 5.74) is 10.2. The van der Waals surface area contributed by atoms with Gasteiger partial charge >= 0.3 is 0 Å². The van der Waals surface area contributed by atoms with Gasteiger partial charge in [0.15, 0.2) is 0 Å². The third kappa shape index (κ3) is 3.57. The molecule has 0 spiro atoms. The van der Waals surface area contributed by atoms with E-state index in [1.165, 1.54) is 11.1 Å². The Morgan fingerprint density at radius 2 is 2.10 bits per heavy atom. The minimum absolute atomic E-state index is 0.0758. The average molecular weight is 269 g/mol. The third-order valence-corrected chi connectivity index (χ3v) is 3.20. The molecule has 0 bridgehead atoms. The van der Waals surface area contributed by atoms with Crippen LogP contribution in [0.1, 0.15) is 23.7 Å². The number of amides is 1. The zero-order chi connectivity index (χ0) is 14.5. The number of anilines is 2. The molecular weight excluding hydrogens is 250 g/mol. The topological polar surface area (TPSA) is 68.0 Å². The first kappa shape index (κ1) is 14.1. The Hall–Kier alpha value is -2.36. The summed E-state index contributed by atoms with van der Waals surface area (Å²) < 4.78 is 0. The van der Waals surface area contributed by atoms with E-state index in [2.05, 4.69) is 24.1 Å². The molecule has 1 heterocycles. The number of hydrogen-bond acceptors (Lipinski definition) is 3. The van der Waals surface area contributed by atoms with E-state index < -0.39 is 0 Å². The quantitative estimate of drug-likeness (QED) is 0.896. The van der Waals surface area contributed by atoms with E-state index in [-0.39, 0.29) is 12.3 Å². The molecule has 0 fully saturated rings. The van der Waals surface area contributed by atoms with Gasteiger partial charge in [0.1, 0.15) is 0 Å². The number of nitrogen functional groups attached to an aromatic ring is 1. The lowest BCUT2D eigenvalue weighted by atomic mass is 10.1. The van der Waals surface area contributed by atoms with Gasteiger partial charge in [0.25, 0.3) is 0 Å². The SMILES string of the molecule is CCc1cc(NC(=O)Cc2ccc(N)cn2)ccc1C. The van der Waals surface area contributed by atoms with Gasteiger partial charge in [-0.2, -0.15) is 0 Å². The lowest BCUT2D eigenvalue weighted by Gasteiger charge is -2.09. The standard InChI is InChI=1S/C16H19N3O/c1-3-12-8-15(6-4-11(12)2)19-16(20)9-14-7-5-13(17)10-18-14/h4-8,10H,3,9,17H2,1-2H3,(H,19,20). The maximum atomic E-state index is 12.0. The number of nitrogens with zero attached hydrogens (tertiary/aromatic N) is 1. The molecule has 0 aliphatic rings. The summed E-state index contributed by atoms with van der Waals surface area (Å²) in [6.07, 6.45) is 2.76. The van der Waals surface area contributed by atoms with Crippen molar-refractivity contribution in [2.24, 2.45) is 0 Å². The number of carbonyl (C=O) groups is 1. The highest BCUT2D eigenvalue weighted by molar-refractivity contribution is 5.92. The third-order valence-electron chi connectivity index (χ3n) is 3.20. The predicted octanol–water partition coefficient (Wildman–Crippen LogP) is 2.72. The summed E-state index contributed by atoms with van der Waals surface area (Å²) in [6, 6.07) is 9.47. The Kier molecular flexibility index (Phi) is 4.35. The van der Waals surface area contributed by atoms with Crippen LogP contribution in [0.15, 0.2) is 36.5 Å². The number of aromatic nitrogens is 1. The van der Waals surface area contributed by atoms with E-state index in [9.17, 15) is 4.79 Å². The summed E-state index contributed by atoms with van der Waals surface area (Å²) in [5.74, 6) is -0.0758. The fourth-order valence-corrected chi connectivity index (χ4v) is 2.04. The van der Waals surface area contributed by atoms with Crippen LogP contribution >= 0.6 is 0 Å². The first-order valence-electron chi connectivity index (χ1n) is 6.68. The van der Waals surface area contributed by atoms with Crippen LogP contribution in [-0.2, 0) is 17.6 Å². The second-order valence-electron chi connectivity index (χ2n) is 4.80. The fraction of sp³-hybridized carbons (Fsp3) is 0.250. The molecule has 0 saturated carbocycles. The number of carbonyl (C=O) groups excluding carboxylic acids is 1. The van der Waals surface area contributed by atoms with Crippen molar-refractivity contribution in [2.45, 2.75) is 26.7 Å². The van der Waals surface area contributed by atoms with Crippen molar-refractivity contribution in [3.63, 3.8) is 0 Å². The van der Waals surface area contributed by atoms with Crippen molar-refractivity contribution in [3.05, 3.63) is 53.3 Å². The minimum atomic E-state index is -0.0758. The molecular formula is C16H19N3O. The second kappa shape index (κ2) is 6.19. The highest BCUT2D eigenvalue weighted by atomic mass is 16.1. The van der Waals surface area contributed by atoms with Crippen LogP contribution in [0, 0.1) is 6.92 Å². The summed E-state index contributed by atoms with van der Waals surface area (Å²) in [4.78, 5) is 16.1. The van der Waals surface area contributed by atoms with Crippen molar-refractivity contribution in [2.75, 3.05) is 11.1 Å². The zero-order valence-electron chi connectivity index (χ0n) is 11.8. The summed E-state index contributed by atoms with van der Waals surface area (Å²) in [6.45, 7) is 4.18. The molecule has 104 valence electrons. The molecule has 2 aromatic rings. The van der Waals surface area contributed by atoms with Gasteiger partial charge in [0.05, 0.1) is 18.3 Å². The molecule has 0 unspecified atom stereocenters. The van der Waals surface area contributed by atoms with Gasteiger partial charge in [0, 0.05) is 11.4 Å². The molecule has 20 heavy (non-hydrogen) atoms. The molecule has 2 rings (SSSR count). The number of pyridine rings is 1. The Balaban J connectivity index is 2.02.